The van der Waals surface area contributed by atoms with Crippen LogP contribution in [0.15, 0.2) is 10.9 Å². The molecule has 0 unspecified atom stereocenters. The Morgan fingerprint density at radius 3 is 2.20 bits per heavy atom. The van der Waals surface area contributed by atoms with Gasteiger partial charge in [0.25, 0.3) is 5.56 Å². The molecule has 0 aliphatic carbocycles. The second-order valence-electron chi connectivity index (χ2n) is 2.59. The lowest BCUT2D eigenvalue weighted by Gasteiger charge is -2.18. The molecular weight excluding hydrogens is 225 g/mol. The van der Waals surface area contributed by atoms with E-state index in [-0.39, 0.29) is 6.07 Å². The Bertz CT molecular complexity index is 424. The van der Waals surface area contributed by atoms with Gasteiger partial charge >= 0.3 is 12.1 Å². The summed E-state index contributed by atoms with van der Waals surface area (Å²) in [5.41, 5.74) is 1.93. The number of nitrogens with one attached hydrogen (secondary N) is 1. The molecule has 4 nitrogen and oxygen atoms in total. The van der Waals surface area contributed by atoms with Gasteiger partial charge in [-0.25, -0.2) is 4.98 Å². The van der Waals surface area contributed by atoms with E-state index in [2.05, 4.69) is 4.98 Å². The van der Waals surface area contributed by atoms with E-state index >= 15 is 0 Å². The molecule has 0 aromatic carbocycles. The molecule has 84 valence electrons. The normalized spacial score (nSPS) is 12.9. The molecule has 1 aromatic rings. The van der Waals surface area contributed by atoms with Crippen molar-refractivity contribution in [3.63, 3.8) is 0 Å². The first-order valence-electron chi connectivity index (χ1n) is 3.46. The highest BCUT2D eigenvalue weighted by Crippen LogP contribution is 2.42. The number of hydrogen-bond donors (Lipinski definition) is 2. The fourth-order valence-electron chi connectivity index (χ4n) is 0.783. The zero-order valence-corrected chi connectivity index (χ0v) is 6.90. The summed E-state index contributed by atoms with van der Waals surface area (Å²) in [4.78, 5) is 15.1. The topological polar surface area (TPSA) is 71.8 Å². The minimum atomic E-state index is -5.82. The number of alkyl halides is 5. The van der Waals surface area contributed by atoms with Crippen LogP contribution in [-0.4, -0.2) is 16.1 Å². The Morgan fingerprint density at radius 1 is 1.27 bits per heavy atom. The van der Waals surface area contributed by atoms with E-state index in [4.69, 9.17) is 5.73 Å². The van der Waals surface area contributed by atoms with Crippen molar-refractivity contribution in [3.8, 4) is 0 Å². The molecule has 0 saturated heterocycles. The van der Waals surface area contributed by atoms with Crippen LogP contribution in [0.25, 0.3) is 0 Å². The third-order valence-corrected chi connectivity index (χ3v) is 1.44. The summed E-state index contributed by atoms with van der Waals surface area (Å²) in [6, 6.07) is 0.0455. The van der Waals surface area contributed by atoms with Crippen molar-refractivity contribution in [2.75, 3.05) is 5.73 Å². The number of hydrogen-bond acceptors (Lipinski definition) is 3. The van der Waals surface area contributed by atoms with Crippen molar-refractivity contribution in [3.05, 3.63) is 22.1 Å². The smallest absolute Gasteiger partial charge is 0.369 e. The number of nitrogens with zero attached hydrogens (tertiary/aromatic N) is 1. The zero-order valence-electron chi connectivity index (χ0n) is 6.90. The van der Waals surface area contributed by atoms with Crippen molar-refractivity contribution < 1.29 is 22.0 Å². The SMILES string of the molecule is Nc1nc(C(F)(F)C(F)(F)F)cc(=O)[nH]1. The van der Waals surface area contributed by atoms with Gasteiger partial charge < -0.3 is 5.73 Å². The minimum Gasteiger partial charge on any atom is -0.369 e. The van der Waals surface area contributed by atoms with Crippen LogP contribution in [0.1, 0.15) is 5.69 Å². The fourth-order valence-corrected chi connectivity index (χ4v) is 0.783. The minimum absolute atomic E-state index is 0.0455. The molecule has 0 spiro atoms. The first kappa shape index (κ1) is 11.4. The summed E-state index contributed by atoms with van der Waals surface area (Å²) >= 11 is 0. The molecule has 0 radical (unpaired) electrons. The molecule has 0 atom stereocenters. The fraction of sp³-hybridized carbons (Fsp3) is 0.333. The zero-order chi connectivity index (χ0) is 11.9. The lowest BCUT2D eigenvalue weighted by Crippen LogP contribution is -2.36. The van der Waals surface area contributed by atoms with Crippen LogP contribution in [0.2, 0.25) is 0 Å². The molecule has 1 heterocycles. The number of aromatic amines is 1. The Balaban J connectivity index is 3.33. The maximum absolute atomic E-state index is 12.6. The first-order valence-corrected chi connectivity index (χ1v) is 3.46. The number of rotatable bonds is 1. The number of nitrogens with two attached hydrogens (primary N) is 1. The highest BCUT2D eigenvalue weighted by Gasteiger charge is 2.60. The predicted octanol–water partition coefficient (Wildman–Crippen LogP) is 1.01. The molecule has 0 aliphatic rings. The summed E-state index contributed by atoms with van der Waals surface area (Å²) in [5, 5.41) is 0. The molecule has 0 saturated carbocycles. The molecule has 0 bridgehead atoms. The maximum Gasteiger partial charge on any atom is 0.459 e. The van der Waals surface area contributed by atoms with Crippen LogP contribution in [0.3, 0.4) is 0 Å². The van der Waals surface area contributed by atoms with Crippen molar-refractivity contribution in [1.82, 2.24) is 9.97 Å². The third-order valence-electron chi connectivity index (χ3n) is 1.44. The molecule has 1 rings (SSSR count). The average molecular weight is 229 g/mol. The predicted molar refractivity (Wildman–Crippen MR) is 39.2 cm³/mol. The van der Waals surface area contributed by atoms with Crippen LogP contribution in [-0.2, 0) is 5.92 Å². The van der Waals surface area contributed by atoms with Gasteiger partial charge in [-0.3, -0.25) is 9.78 Å². The molecule has 0 aliphatic heterocycles. The van der Waals surface area contributed by atoms with Crippen LogP contribution in [0.4, 0.5) is 27.9 Å². The summed E-state index contributed by atoms with van der Waals surface area (Å²) in [6.45, 7) is 0. The van der Waals surface area contributed by atoms with Gasteiger partial charge in [0, 0.05) is 6.07 Å². The highest BCUT2D eigenvalue weighted by atomic mass is 19.4. The van der Waals surface area contributed by atoms with Crippen LogP contribution >= 0.6 is 0 Å². The van der Waals surface area contributed by atoms with Gasteiger partial charge in [0.2, 0.25) is 5.95 Å². The highest BCUT2D eigenvalue weighted by molar-refractivity contribution is 5.21. The molecular formula is C6H4F5N3O. The molecule has 9 heteroatoms. The molecule has 0 fully saturated rings. The van der Waals surface area contributed by atoms with E-state index in [1.54, 1.807) is 4.98 Å². The third kappa shape index (κ3) is 2.05. The number of H-pyrrole nitrogens is 1. The van der Waals surface area contributed by atoms with Crippen LogP contribution in [0.5, 0.6) is 0 Å². The van der Waals surface area contributed by atoms with Gasteiger partial charge in [-0.05, 0) is 0 Å². The van der Waals surface area contributed by atoms with Crippen molar-refractivity contribution in [1.29, 1.82) is 0 Å². The number of aromatic nitrogens is 2. The monoisotopic (exact) mass is 229 g/mol. The number of halogens is 5. The van der Waals surface area contributed by atoms with E-state index in [0.717, 1.165) is 0 Å². The molecule has 3 N–H and O–H groups in total. The van der Waals surface area contributed by atoms with Crippen LogP contribution in [0, 0.1) is 0 Å². The van der Waals surface area contributed by atoms with Gasteiger partial charge in [-0.2, -0.15) is 22.0 Å². The second kappa shape index (κ2) is 3.17. The summed E-state index contributed by atoms with van der Waals surface area (Å²) in [7, 11) is 0. The molecule has 0 amide bonds. The van der Waals surface area contributed by atoms with E-state index in [1.807, 2.05) is 0 Å². The van der Waals surface area contributed by atoms with E-state index in [1.165, 1.54) is 0 Å². The Labute approximate surface area is 78.9 Å². The Kier molecular flexibility index (Phi) is 2.41. The summed E-state index contributed by atoms with van der Waals surface area (Å²) in [6.07, 6.45) is -5.82. The molecule has 15 heavy (non-hydrogen) atoms. The Hall–Kier alpha value is -1.67. The standard InChI is InChI=1S/C6H4F5N3O/c7-5(8,6(9,10)11)2-1-3(15)14-4(12)13-2/h1H,(H3,12,13,14,15). The molecule has 1 aromatic heterocycles. The van der Waals surface area contributed by atoms with Gasteiger partial charge in [0.15, 0.2) is 0 Å². The summed E-state index contributed by atoms with van der Waals surface area (Å²) < 4.78 is 60.8. The second-order valence-corrected chi connectivity index (χ2v) is 2.59. The van der Waals surface area contributed by atoms with Crippen molar-refractivity contribution >= 4 is 5.95 Å². The average Bonchev–Trinajstić information content (AvgIpc) is 1.99. The summed E-state index contributed by atoms with van der Waals surface area (Å²) in [5.74, 6) is -6.00. The lowest BCUT2D eigenvalue weighted by atomic mass is 10.2. The maximum atomic E-state index is 12.6. The van der Waals surface area contributed by atoms with E-state index in [9.17, 15) is 26.7 Å². The van der Waals surface area contributed by atoms with E-state index < -0.39 is 29.3 Å². The Morgan fingerprint density at radius 2 is 1.80 bits per heavy atom. The lowest BCUT2D eigenvalue weighted by molar-refractivity contribution is -0.290. The first-order chi connectivity index (χ1) is 6.64. The van der Waals surface area contributed by atoms with E-state index in [0.29, 0.717) is 0 Å². The van der Waals surface area contributed by atoms with Gasteiger partial charge in [-0.1, -0.05) is 0 Å². The van der Waals surface area contributed by atoms with Gasteiger partial charge in [0.1, 0.15) is 5.69 Å². The quantitative estimate of drug-likeness (QED) is 0.706. The largest absolute Gasteiger partial charge is 0.459 e. The number of nitrogen functional groups attached to an aromatic ring is 1. The van der Waals surface area contributed by atoms with Crippen LogP contribution < -0.4 is 11.3 Å². The van der Waals surface area contributed by atoms with Crippen molar-refractivity contribution in [2.45, 2.75) is 12.1 Å². The van der Waals surface area contributed by atoms with Gasteiger partial charge in [-0.15, -0.1) is 0 Å². The van der Waals surface area contributed by atoms with Crippen molar-refractivity contribution in [2.24, 2.45) is 0 Å². The number of anilines is 1. The van der Waals surface area contributed by atoms with Gasteiger partial charge in [0.05, 0.1) is 0 Å².